The zero-order chi connectivity index (χ0) is 15.6. The highest BCUT2D eigenvalue weighted by molar-refractivity contribution is 7.15. The van der Waals surface area contributed by atoms with Crippen molar-refractivity contribution >= 4 is 28.2 Å². The molecule has 0 bridgehead atoms. The van der Waals surface area contributed by atoms with Gasteiger partial charge in [0, 0.05) is 45.5 Å². The Bertz CT molecular complexity index is 659. The molecule has 4 heterocycles. The van der Waals surface area contributed by atoms with Crippen molar-refractivity contribution in [2.24, 2.45) is 0 Å². The first-order valence-corrected chi connectivity index (χ1v) is 8.99. The molecule has 2 aliphatic rings. The van der Waals surface area contributed by atoms with Crippen molar-refractivity contribution in [2.75, 3.05) is 54.0 Å². The van der Waals surface area contributed by atoms with Crippen molar-refractivity contribution in [2.45, 2.75) is 19.8 Å². The molecule has 0 aromatic carbocycles. The lowest BCUT2D eigenvalue weighted by molar-refractivity contribution is 0.636. The van der Waals surface area contributed by atoms with E-state index in [1.165, 1.54) is 12.8 Å². The van der Waals surface area contributed by atoms with Crippen LogP contribution in [-0.2, 0) is 0 Å². The Labute approximate surface area is 140 Å². The van der Waals surface area contributed by atoms with E-state index in [1.807, 2.05) is 19.2 Å². The van der Waals surface area contributed by atoms with Crippen LogP contribution >= 0.6 is 11.3 Å². The molecule has 0 radical (unpaired) electrons. The van der Waals surface area contributed by atoms with E-state index >= 15 is 0 Å². The summed E-state index contributed by atoms with van der Waals surface area (Å²) in [6, 6.07) is 2.02. The van der Waals surface area contributed by atoms with Crippen LogP contribution in [-0.4, -0.2) is 59.4 Å². The SMILES string of the molecule is Cc1nnc(N2CCN(c3nccc(N4CCCC4)n3)CC2)s1. The average molecular weight is 331 g/mol. The van der Waals surface area contributed by atoms with Gasteiger partial charge in [-0.2, -0.15) is 4.98 Å². The van der Waals surface area contributed by atoms with Crippen LogP contribution in [0.2, 0.25) is 0 Å². The van der Waals surface area contributed by atoms with Gasteiger partial charge in [-0.1, -0.05) is 11.3 Å². The van der Waals surface area contributed by atoms with Gasteiger partial charge in [0.15, 0.2) is 0 Å². The van der Waals surface area contributed by atoms with Gasteiger partial charge in [-0.25, -0.2) is 4.98 Å². The summed E-state index contributed by atoms with van der Waals surface area (Å²) in [5.41, 5.74) is 0. The maximum Gasteiger partial charge on any atom is 0.227 e. The summed E-state index contributed by atoms with van der Waals surface area (Å²) in [5, 5.41) is 10.4. The Morgan fingerprint density at radius 1 is 0.913 bits per heavy atom. The maximum absolute atomic E-state index is 4.78. The second-order valence-electron chi connectivity index (χ2n) is 5.99. The fourth-order valence-electron chi connectivity index (χ4n) is 3.13. The highest BCUT2D eigenvalue weighted by Crippen LogP contribution is 2.23. The highest BCUT2D eigenvalue weighted by Gasteiger charge is 2.22. The summed E-state index contributed by atoms with van der Waals surface area (Å²) in [5.74, 6) is 1.91. The summed E-state index contributed by atoms with van der Waals surface area (Å²) in [6.45, 7) is 7.93. The van der Waals surface area contributed by atoms with Gasteiger partial charge >= 0.3 is 0 Å². The predicted molar refractivity (Wildman–Crippen MR) is 92.6 cm³/mol. The number of hydrogen-bond acceptors (Lipinski definition) is 8. The van der Waals surface area contributed by atoms with Gasteiger partial charge in [0.05, 0.1) is 0 Å². The molecular weight excluding hydrogens is 310 g/mol. The third kappa shape index (κ3) is 3.08. The molecule has 2 aromatic heterocycles. The number of aryl methyl sites for hydroxylation is 1. The monoisotopic (exact) mass is 331 g/mol. The Kier molecular flexibility index (Phi) is 3.99. The number of nitrogens with zero attached hydrogens (tertiary/aromatic N) is 7. The quantitative estimate of drug-likeness (QED) is 0.846. The number of anilines is 3. The molecule has 0 unspecified atom stereocenters. The lowest BCUT2D eigenvalue weighted by Gasteiger charge is -2.34. The zero-order valence-corrected chi connectivity index (χ0v) is 14.2. The number of rotatable bonds is 3. The van der Waals surface area contributed by atoms with E-state index in [4.69, 9.17) is 4.98 Å². The topological polar surface area (TPSA) is 61.3 Å². The summed E-state index contributed by atoms with van der Waals surface area (Å²) in [7, 11) is 0. The van der Waals surface area contributed by atoms with Gasteiger partial charge < -0.3 is 14.7 Å². The molecule has 0 spiro atoms. The Morgan fingerprint density at radius 2 is 1.65 bits per heavy atom. The fourth-order valence-corrected chi connectivity index (χ4v) is 3.86. The standard InChI is InChI=1S/C15H21N7S/c1-12-18-19-15(23-12)22-10-8-21(9-11-22)14-16-5-4-13(17-14)20-6-2-3-7-20/h4-5H,2-3,6-11H2,1H3. The van der Waals surface area contributed by atoms with Crippen LogP contribution in [0.3, 0.4) is 0 Å². The van der Waals surface area contributed by atoms with Crippen LogP contribution in [0.5, 0.6) is 0 Å². The summed E-state index contributed by atoms with van der Waals surface area (Å²) in [6.07, 6.45) is 4.41. The number of aromatic nitrogens is 4. The van der Waals surface area contributed by atoms with Crippen molar-refractivity contribution in [3.05, 3.63) is 17.3 Å². The minimum atomic E-state index is 0.850. The Balaban J connectivity index is 1.43. The van der Waals surface area contributed by atoms with Gasteiger partial charge in [0.2, 0.25) is 11.1 Å². The maximum atomic E-state index is 4.78. The molecule has 122 valence electrons. The third-order valence-corrected chi connectivity index (χ3v) is 5.31. The van der Waals surface area contributed by atoms with Crippen LogP contribution in [0.15, 0.2) is 12.3 Å². The molecule has 0 aliphatic carbocycles. The molecule has 7 nitrogen and oxygen atoms in total. The smallest absolute Gasteiger partial charge is 0.227 e. The fraction of sp³-hybridized carbons (Fsp3) is 0.600. The molecule has 2 fully saturated rings. The first-order chi connectivity index (χ1) is 11.3. The van der Waals surface area contributed by atoms with Gasteiger partial charge in [0.1, 0.15) is 10.8 Å². The second kappa shape index (κ2) is 6.27. The molecule has 0 atom stereocenters. The van der Waals surface area contributed by atoms with E-state index in [1.54, 1.807) is 11.3 Å². The van der Waals surface area contributed by atoms with Gasteiger partial charge in [-0.3, -0.25) is 0 Å². The number of hydrogen-bond donors (Lipinski definition) is 0. The molecule has 2 aliphatic heterocycles. The molecule has 0 amide bonds. The van der Waals surface area contributed by atoms with Crippen molar-refractivity contribution in [3.8, 4) is 0 Å². The predicted octanol–water partition coefficient (Wildman–Crippen LogP) is 1.56. The summed E-state index contributed by atoms with van der Waals surface area (Å²) < 4.78 is 0. The van der Waals surface area contributed by atoms with E-state index in [0.717, 1.165) is 61.2 Å². The zero-order valence-electron chi connectivity index (χ0n) is 13.4. The van der Waals surface area contributed by atoms with Crippen molar-refractivity contribution in [3.63, 3.8) is 0 Å². The molecule has 23 heavy (non-hydrogen) atoms. The molecule has 0 saturated carbocycles. The lowest BCUT2D eigenvalue weighted by Crippen LogP contribution is -2.47. The van der Waals surface area contributed by atoms with E-state index in [0.29, 0.717) is 0 Å². The molecule has 2 aromatic rings. The molecular formula is C15H21N7S. The van der Waals surface area contributed by atoms with E-state index in [-0.39, 0.29) is 0 Å². The van der Waals surface area contributed by atoms with Gasteiger partial charge in [-0.05, 0) is 25.8 Å². The van der Waals surface area contributed by atoms with Crippen molar-refractivity contribution in [1.29, 1.82) is 0 Å². The molecule has 0 N–H and O–H groups in total. The Morgan fingerprint density at radius 3 is 2.35 bits per heavy atom. The highest BCUT2D eigenvalue weighted by atomic mass is 32.1. The van der Waals surface area contributed by atoms with Gasteiger partial charge in [-0.15, -0.1) is 10.2 Å². The summed E-state index contributed by atoms with van der Waals surface area (Å²) in [4.78, 5) is 16.2. The molecule has 4 rings (SSSR count). The van der Waals surface area contributed by atoms with Crippen LogP contribution in [0.1, 0.15) is 17.8 Å². The third-order valence-electron chi connectivity index (χ3n) is 4.41. The Hall–Kier alpha value is -1.96. The summed E-state index contributed by atoms with van der Waals surface area (Å²) >= 11 is 1.66. The van der Waals surface area contributed by atoms with Gasteiger partial charge in [0.25, 0.3) is 0 Å². The molecule has 2 saturated heterocycles. The van der Waals surface area contributed by atoms with Crippen LogP contribution < -0.4 is 14.7 Å². The van der Waals surface area contributed by atoms with E-state index in [9.17, 15) is 0 Å². The minimum Gasteiger partial charge on any atom is -0.356 e. The number of piperazine rings is 1. The van der Waals surface area contributed by atoms with E-state index in [2.05, 4.69) is 29.9 Å². The minimum absolute atomic E-state index is 0.850. The lowest BCUT2D eigenvalue weighted by atomic mass is 10.3. The second-order valence-corrected chi connectivity index (χ2v) is 7.15. The molecule has 8 heteroatoms. The van der Waals surface area contributed by atoms with Crippen molar-refractivity contribution < 1.29 is 0 Å². The van der Waals surface area contributed by atoms with Crippen LogP contribution in [0.25, 0.3) is 0 Å². The average Bonchev–Trinajstić information content (AvgIpc) is 3.27. The van der Waals surface area contributed by atoms with E-state index < -0.39 is 0 Å². The first-order valence-electron chi connectivity index (χ1n) is 8.17. The van der Waals surface area contributed by atoms with Crippen LogP contribution in [0, 0.1) is 6.92 Å². The van der Waals surface area contributed by atoms with Crippen LogP contribution in [0.4, 0.5) is 16.9 Å². The normalized spacial score (nSPS) is 18.7. The van der Waals surface area contributed by atoms with Crippen molar-refractivity contribution in [1.82, 2.24) is 20.2 Å². The largest absolute Gasteiger partial charge is 0.356 e. The first kappa shape index (κ1) is 14.6.